The molecule has 0 bridgehead atoms. The van der Waals surface area contributed by atoms with Crippen LogP contribution in [0.2, 0.25) is 0 Å². The van der Waals surface area contributed by atoms with E-state index < -0.39 is 11.6 Å². The SMILES string of the molecule is CC(C)CCO.CNc1nccc(-c2c(-c3ccc(F)c(F)c3)nc3sccn23)n1. The molecule has 6 nitrogen and oxygen atoms in total. The van der Waals surface area contributed by atoms with Crippen LogP contribution in [-0.2, 0) is 0 Å². The van der Waals surface area contributed by atoms with E-state index >= 15 is 0 Å². The number of fused-ring (bicyclic) bond motifs is 1. The number of aromatic nitrogens is 4. The Kier molecular flexibility index (Phi) is 7.07. The fourth-order valence-electron chi connectivity index (χ4n) is 2.74. The van der Waals surface area contributed by atoms with E-state index in [0.29, 0.717) is 41.1 Å². The van der Waals surface area contributed by atoms with E-state index in [1.54, 1.807) is 19.3 Å². The van der Waals surface area contributed by atoms with Crippen molar-refractivity contribution >= 4 is 22.2 Å². The molecule has 4 rings (SSSR count). The summed E-state index contributed by atoms with van der Waals surface area (Å²) in [6.07, 6.45) is 4.43. The molecule has 0 fully saturated rings. The minimum Gasteiger partial charge on any atom is -0.396 e. The highest BCUT2D eigenvalue weighted by Gasteiger charge is 2.19. The molecule has 1 aromatic carbocycles. The average molecular weight is 432 g/mol. The molecule has 0 aliphatic carbocycles. The molecule has 0 radical (unpaired) electrons. The first-order valence-corrected chi connectivity index (χ1v) is 10.4. The standard InChI is InChI=1S/C16H11F2N5S.C5H12O/c1-19-15-20-5-4-12(21-15)14-13(22-16-23(14)6-7-24-16)9-2-3-10(17)11(18)8-9;1-5(2)3-4-6/h2-8H,1H3,(H,19,20,21);5-6H,3-4H2,1-2H3. The number of hydrogen-bond acceptors (Lipinski definition) is 6. The largest absolute Gasteiger partial charge is 0.396 e. The molecule has 0 unspecified atom stereocenters. The third-order valence-corrected chi connectivity index (χ3v) is 5.04. The van der Waals surface area contributed by atoms with Gasteiger partial charge in [0.05, 0.1) is 11.4 Å². The molecular formula is C21H23F2N5OS. The first kappa shape index (κ1) is 21.8. The zero-order valence-corrected chi connectivity index (χ0v) is 17.7. The highest BCUT2D eigenvalue weighted by Crippen LogP contribution is 2.34. The molecule has 0 aliphatic heterocycles. The second-order valence-corrected chi connectivity index (χ2v) is 7.79. The van der Waals surface area contributed by atoms with Gasteiger partial charge in [-0.3, -0.25) is 4.40 Å². The number of thiazole rings is 1. The Morgan fingerprint density at radius 2 is 1.97 bits per heavy atom. The maximum atomic E-state index is 13.7. The van der Waals surface area contributed by atoms with Crippen LogP contribution in [0.25, 0.3) is 27.6 Å². The molecule has 158 valence electrons. The normalized spacial score (nSPS) is 10.9. The first-order valence-electron chi connectivity index (χ1n) is 9.47. The third-order valence-electron chi connectivity index (χ3n) is 4.28. The third kappa shape index (κ3) is 4.80. The van der Waals surface area contributed by atoms with E-state index in [0.717, 1.165) is 23.5 Å². The van der Waals surface area contributed by atoms with Gasteiger partial charge in [0.15, 0.2) is 16.6 Å². The van der Waals surface area contributed by atoms with Crippen molar-refractivity contribution in [2.75, 3.05) is 19.0 Å². The topological polar surface area (TPSA) is 75.3 Å². The van der Waals surface area contributed by atoms with Gasteiger partial charge in [-0.2, -0.15) is 0 Å². The quantitative estimate of drug-likeness (QED) is 0.472. The van der Waals surface area contributed by atoms with Crippen LogP contribution in [0.3, 0.4) is 0 Å². The van der Waals surface area contributed by atoms with Gasteiger partial charge >= 0.3 is 0 Å². The number of aliphatic hydroxyl groups excluding tert-OH is 1. The molecule has 0 atom stereocenters. The summed E-state index contributed by atoms with van der Waals surface area (Å²) in [5, 5.41) is 13.0. The predicted octanol–water partition coefficient (Wildman–Crippen LogP) is 4.86. The summed E-state index contributed by atoms with van der Waals surface area (Å²) < 4.78 is 28.8. The van der Waals surface area contributed by atoms with Crippen LogP contribution in [0.5, 0.6) is 0 Å². The van der Waals surface area contributed by atoms with Gasteiger partial charge in [-0.25, -0.2) is 23.7 Å². The molecule has 30 heavy (non-hydrogen) atoms. The van der Waals surface area contributed by atoms with Crippen LogP contribution in [0.15, 0.2) is 42.0 Å². The van der Waals surface area contributed by atoms with E-state index in [4.69, 9.17) is 5.11 Å². The lowest BCUT2D eigenvalue weighted by molar-refractivity contribution is 0.268. The zero-order chi connectivity index (χ0) is 21.7. The van der Waals surface area contributed by atoms with Gasteiger partial charge in [0.25, 0.3) is 0 Å². The van der Waals surface area contributed by atoms with Crippen molar-refractivity contribution in [2.45, 2.75) is 20.3 Å². The molecule has 3 heterocycles. The van der Waals surface area contributed by atoms with E-state index in [1.807, 2.05) is 16.0 Å². The lowest BCUT2D eigenvalue weighted by Crippen LogP contribution is -1.98. The Bertz CT molecular complexity index is 1130. The Balaban J connectivity index is 0.000000377. The van der Waals surface area contributed by atoms with Crippen LogP contribution < -0.4 is 5.32 Å². The van der Waals surface area contributed by atoms with Crippen molar-refractivity contribution in [1.29, 1.82) is 0 Å². The summed E-state index contributed by atoms with van der Waals surface area (Å²) in [6.45, 7) is 4.52. The summed E-state index contributed by atoms with van der Waals surface area (Å²) in [4.78, 5) is 13.8. The monoisotopic (exact) mass is 431 g/mol. The minimum absolute atomic E-state index is 0.331. The fourth-order valence-corrected chi connectivity index (χ4v) is 3.46. The van der Waals surface area contributed by atoms with Gasteiger partial charge in [0.2, 0.25) is 5.95 Å². The summed E-state index contributed by atoms with van der Waals surface area (Å²) >= 11 is 1.45. The van der Waals surface area contributed by atoms with Gasteiger partial charge in [0, 0.05) is 37.0 Å². The summed E-state index contributed by atoms with van der Waals surface area (Å²) in [5.41, 5.74) is 2.38. The highest BCUT2D eigenvalue weighted by molar-refractivity contribution is 7.15. The van der Waals surface area contributed by atoms with Gasteiger partial charge in [-0.05, 0) is 36.6 Å². The smallest absolute Gasteiger partial charge is 0.222 e. The van der Waals surface area contributed by atoms with Crippen molar-refractivity contribution in [3.63, 3.8) is 0 Å². The molecule has 0 aliphatic rings. The molecule has 2 N–H and O–H groups in total. The van der Waals surface area contributed by atoms with Crippen LogP contribution in [0.1, 0.15) is 20.3 Å². The molecule has 0 spiro atoms. The van der Waals surface area contributed by atoms with Crippen molar-refractivity contribution < 1.29 is 13.9 Å². The van der Waals surface area contributed by atoms with Crippen LogP contribution >= 0.6 is 11.3 Å². The van der Waals surface area contributed by atoms with Crippen molar-refractivity contribution in [3.8, 4) is 22.6 Å². The van der Waals surface area contributed by atoms with Gasteiger partial charge in [-0.15, -0.1) is 11.3 Å². The Morgan fingerprint density at radius 3 is 2.60 bits per heavy atom. The minimum atomic E-state index is -0.909. The van der Waals surface area contributed by atoms with Crippen molar-refractivity contribution in [2.24, 2.45) is 5.92 Å². The second kappa shape index (κ2) is 9.73. The summed E-state index contributed by atoms with van der Waals surface area (Å²) in [5.74, 6) is -0.682. The Hall–Kier alpha value is -2.91. The van der Waals surface area contributed by atoms with Crippen molar-refractivity contribution in [1.82, 2.24) is 19.4 Å². The number of benzene rings is 1. The lowest BCUT2D eigenvalue weighted by Gasteiger charge is -2.06. The molecule has 4 aromatic rings. The molecular weight excluding hydrogens is 408 g/mol. The number of anilines is 1. The van der Waals surface area contributed by atoms with Crippen LogP contribution in [0, 0.1) is 17.6 Å². The number of hydrogen-bond donors (Lipinski definition) is 2. The van der Waals surface area contributed by atoms with E-state index in [1.165, 1.54) is 17.4 Å². The van der Waals surface area contributed by atoms with Crippen molar-refractivity contribution in [3.05, 3.63) is 53.7 Å². The van der Waals surface area contributed by atoms with Crippen LogP contribution in [0.4, 0.5) is 14.7 Å². The highest BCUT2D eigenvalue weighted by atomic mass is 32.1. The number of imidazole rings is 1. The molecule has 3 aromatic heterocycles. The van der Waals surface area contributed by atoms with E-state index in [9.17, 15) is 8.78 Å². The lowest BCUT2D eigenvalue weighted by atomic mass is 10.1. The first-order chi connectivity index (χ1) is 14.4. The van der Waals surface area contributed by atoms with Gasteiger partial charge in [0.1, 0.15) is 5.69 Å². The van der Waals surface area contributed by atoms with E-state index in [2.05, 4.69) is 34.1 Å². The maximum Gasteiger partial charge on any atom is 0.222 e. The number of nitrogens with one attached hydrogen (secondary N) is 1. The van der Waals surface area contributed by atoms with E-state index in [-0.39, 0.29) is 0 Å². The predicted molar refractivity (Wildman–Crippen MR) is 116 cm³/mol. The van der Waals surface area contributed by atoms with Gasteiger partial charge < -0.3 is 10.4 Å². The van der Waals surface area contributed by atoms with Crippen LogP contribution in [-0.4, -0.2) is 38.1 Å². The maximum absolute atomic E-state index is 13.7. The van der Waals surface area contributed by atoms with Gasteiger partial charge in [-0.1, -0.05) is 13.8 Å². The Morgan fingerprint density at radius 1 is 1.17 bits per heavy atom. The number of nitrogens with zero attached hydrogens (tertiary/aromatic N) is 4. The number of halogens is 2. The summed E-state index contributed by atoms with van der Waals surface area (Å²) in [6, 6.07) is 5.51. The molecule has 0 saturated carbocycles. The number of aliphatic hydroxyl groups is 1. The molecule has 0 saturated heterocycles. The summed E-state index contributed by atoms with van der Waals surface area (Å²) in [7, 11) is 1.73. The molecule has 0 amide bonds. The zero-order valence-electron chi connectivity index (χ0n) is 16.9. The fraction of sp³-hybridized carbons (Fsp3) is 0.286. The molecule has 9 heteroatoms. The Labute approximate surface area is 177 Å². The second-order valence-electron chi connectivity index (χ2n) is 6.92. The number of rotatable bonds is 5. The average Bonchev–Trinajstić information content (AvgIpc) is 3.31.